The van der Waals surface area contributed by atoms with Gasteiger partial charge in [0.25, 0.3) is 0 Å². The maximum Gasteiger partial charge on any atom is 0.183 e. The van der Waals surface area contributed by atoms with Crippen LogP contribution in [0.15, 0.2) is 36.4 Å². The third-order valence-electron chi connectivity index (χ3n) is 4.62. The monoisotopic (exact) mass is 395 g/mol. The van der Waals surface area contributed by atoms with Crippen molar-refractivity contribution >= 4 is 28.3 Å². The average Bonchev–Trinajstić information content (AvgIpc) is 3.14. The molecule has 28 heavy (non-hydrogen) atoms. The summed E-state index contributed by atoms with van der Waals surface area (Å²) in [4.78, 5) is 4.70. The Kier molecular flexibility index (Phi) is 5.15. The van der Waals surface area contributed by atoms with E-state index in [1.807, 2.05) is 42.5 Å². The van der Waals surface area contributed by atoms with Crippen LogP contribution in [0.25, 0.3) is 28.1 Å². The molecule has 0 bridgehead atoms. The van der Waals surface area contributed by atoms with E-state index in [9.17, 15) is 0 Å². The summed E-state index contributed by atoms with van der Waals surface area (Å²) in [5.41, 5.74) is 5.35. The number of hydrogen-bond acceptors (Lipinski definition) is 5. The lowest BCUT2D eigenvalue weighted by Gasteiger charge is -2.11. The van der Waals surface area contributed by atoms with E-state index < -0.39 is 0 Å². The molecular weight excluding hydrogens is 374 g/mol. The van der Waals surface area contributed by atoms with E-state index in [0.29, 0.717) is 17.5 Å². The van der Waals surface area contributed by atoms with Crippen molar-refractivity contribution in [2.24, 2.45) is 0 Å². The summed E-state index contributed by atoms with van der Waals surface area (Å²) in [5.74, 6) is 1.43. The minimum atomic E-state index is 0.585. The molecule has 0 fully saturated rings. The molecule has 0 saturated carbocycles. The van der Waals surface area contributed by atoms with E-state index in [-0.39, 0.29) is 0 Å². The van der Waals surface area contributed by atoms with Gasteiger partial charge in [0, 0.05) is 12.1 Å². The van der Waals surface area contributed by atoms with E-state index >= 15 is 0 Å². The molecule has 7 heteroatoms. The highest BCUT2D eigenvalue weighted by atomic mass is 35.5. The standard InChI is InChI=1S/C21H22ClN5O/c1-4-23-12-14-6-9-18-19(10-14)27-20(13(3)24-18)25-26-21(27)16-11-15(28-5-2)7-8-17(16)22/h6-11,23H,4-5,12H2,1-3H3. The van der Waals surface area contributed by atoms with E-state index in [2.05, 4.69) is 34.6 Å². The van der Waals surface area contributed by atoms with Gasteiger partial charge in [0.2, 0.25) is 0 Å². The van der Waals surface area contributed by atoms with Crippen LogP contribution in [0, 0.1) is 6.92 Å². The molecule has 6 nitrogen and oxygen atoms in total. The third kappa shape index (κ3) is 3.30. The Bertz CT molecular complexity index is 1150. The van der Waals surface area contributed by atoms with Crippen LogP contribution < -0.4 is 10.1 Å². The van der Waals surface area contributed by atoms with Gasteiger partial charge in [-0.05, 0) is 56.3 Å². The molecule has 0 aliphatic rings. The molecule has 0 atom stereocenters. The van der Waals surface area contributed by atoms with Crippen molar-refractivity contribution in [1.29, 1.82) is 0 Å². The quantitative estimate of drug-likeness (QED) is 0.523. The lowest BCUT2D eigenvalue weighted by Crippen LogP contribution is -2.11. The minimum Gasteiger partial charge on any atom is -0.494 e. The third-order valence-corrected chi connectivity index (χ3v) is 4.95. The highest BCUT2D eigenvalue weighted by Gasteiger charge is 2.17. The van der Waals surface area contributed by atoms with Crippen molar-refractivity contribution in [2.45, 2.75) is 27.3 Å². The number of nitrogens with one attached hydrogen (secondary N) is 1. The smallest absolute Gasteiger partial charge is 0.183 e. The number of aryl methyl sites for hydroxylation is 1. The molecule has 0 radical (unpaired) electrons. The fourth-order valence-electron chi connectivity index (χ4n) is 3.31. The van der Waals surface area contributed by atoms with Crippen LogP contribution in [0.4, 0.5) is 0 Å². The lowest BCUT2D eigenvalue weighted by atomic mass is 10.1. The van der Waals surface area contributed by atoms with Gasteiger partial charge in [0.15, 0.2) is 11.5 Å². The molecule has 4 rings (SSSR count). The first-order valence-electron chi connectivity index (χ1n) is 9.40. The second kappa shape index (κ2) is 7.73. The minimum absolute atomic E-state index is 0.585. The summed E-state index contributed by atoms with van der Waals surface area (Å²) in [6.45, 7) is 8.28. The van der Waals surface area contributed by atoms with Gasteiger partial charge >= 0.3 is 0 Å². The molecule has 2 aromatic carbocycles. The predicted molar refractivity (Wildman–Crippen MR) is 112 cm³/mol. The number of hydrogen-bond donors (Lipinski definition) is 1. The molecule has 0 aliphatic heterocycles. The maximum absolute atomic E-state index is 6.52. The van der Waals surface area contributed by atoms with Gasteiger partial charge in [-0.25, -0.2) is 4.98 Å². The highest BCUT2D eigenvalue weighted by molar-refractivity contribution is 6.33. The predicted octanol–water partition coefficient (Wildman–Crippen LogP) is 4.41. The molecule has 144 valence electrons. The summed E-state index contributed by atoms with van der Waals surface area (Å²) < 4.78 is 7.68. The summed E-state index contributed by atoms with van der Waals surface area (Å²) >= 11 is 6.52. The number of aromatic nitrogens is 4. The van der Waals surface area contributed by atoms with E-state index in [0.717, 1.165) is 46.8 Å². The van der Waals surface area contributed by atoms with Crippen LogP contribution in [0.3, 0.4) is 0 Å². The van der Waals surface area contributed by atoms with E-state index in [4.69, 9.17) is 21.3 Å². The van der Waals surface area contributed by atoms with Crippen molar-refractivity contribution in [3.63, 3.8) is 0 Å². The fourth-order valence-corrected chi connectivity index (χ4v) is 3.51. The lowest BCUT2D eigenvalue weighted by molar-refractivity contribution is 0.340. The Labute approximate surface area is 168 Å². The van der Waals surface area contributed by atoms with Gasteiger partial charge in [-0.2, -0.15) is 0 Å². The van der Waals surface area contributed by atoms with Crippen molar-refractivity contribution in [3.05, 3.63) is 52.7 Å². The van der Waals surface area contributed by atoms with Crippen LogP contribution in [-0.2, 0) is 6.54 Å². The number of fused-ring (bicyclic) bond motifs is 3. The Morgan fingerprint density at radius 2 is 1.96 bits per heavy atom. The molecule has 4 aromatic rings. The number of benzene rings is 2. The van der Waals surface area contributed by atoms with E-state index in [1.54, 1.807) is 0 Å². The Balaban J connectivity index is 1.98. The fraction of sp³-hybridized carbons (Fsp3) is 0.286. The molecule has 2 aromatic heterocycles. The number of nitrogens with zero attached hydrogens (tertiary/aromatic N) is 4. The van der Waals surface area contributed by atoms with Gasteiger partial charge in [0.05, 0.1) is 28.4 Å². The van der Waals surface area contributed by atoms with Crippen LogP contribution >= 0.6 is 11.6 Å². The molecule has 0 spiro atoms. The zero-order chi connectivity index (χ0) is 19.7. The van der Waals surface area contributed by atoms with Crippen LogP contribution in [0.2, 0.25) is 5.02 Å². The Morgan fingerprint density at radius 1 is 1.11 bits per heavy atom. The van der Waals surface area contributed by atoms with Gasteiger partial charge in [-0.1, -0.05) is 24.6 Å². The normalized spacial score (nSPS) is 11.4. The van der Waals surface area contributed by atoms with Crippen molar-refractivity contribution in [1.82, 2.24) is 24.9 Å². The van der Waals surface area contributed by atoms with Crippen molar-refractivity contribution < 1.29 is 4.74 Å². The maximum atomic E-state index is 6.52. The van der Waals surface area contributed by atoms with Gasteiger partial charge in [0.1, 0.15) is 5.75 Å². The van der Waals surface area contributed by atoms with Gasteiger partial charge in [-0.3, -0.25) is 4.40 Å². The molecule has 0 aliphatic carbocycles. The van der Waals surface area contributed by atoms with Crippen molar-refractivity contribution in [3.8, 4) is 17.1 Å². The molecule has 2 heterocycles. The summed E-state index contributed by atoms with van der Waals surface area (Å²) in [6, 6.07) is 11.9. The largest absolute Gasteiger partial charge is 0.494 e. The van der Waals surface area contributed by atoms with Gasteiger partial charge in [-0.15, -0.1) is 10.2 Å². The zero-order valence-electron chi connectivity index (χ0n) is 16.2. The molecular formula is C21H22ClN5O. The Morgan fingerprint density at radius 3 is 2.75 bits per heavy atom. The van der Waals surface area contributed by atoms with Gasteiger partial charge < -0.3 is 10.1 Å². The molecule has 0 unspecified atom stereocenters. The average molecular weight is 396 g/mol. The first kappa shape index (κ1) is 18.7. The Hall–Kier alpha value is -2.70. The summed E-state index contributed by atoms with van der Waals surface area (Å²) in [6.07, 6.45) is 0. The SMILES string of the molecule is CCNCc1ccc2nc(C)c3nnc(-c4cc(OCC)ccc4Cl)n3c2c1. The summed E-state index contributed by atoms with van der Waals surface area (Å²) in [7, 11) is 0. The first-order chi connectivity index (χ1) is 13.6. The zero-order valence-corrected chi connectivity index (χ0v) is 16.9. The number of halogens is 1. The van der Waals surface area contributed by atoms with Crippen molar-refractivity contribution in [2.75, 3.05) is 13.2 Å². The summed E-state index contributed by atoms with van der Waals surface area (Å²) in [5, 5.41) is 12.8. The highest BCUT2D eigenvalue weighted by Crippen LogP contribution is 2.32. The number of ether oxygens (including phenoxy) is 1. The number of rotatable bonds is 6. The first-order valence-corrected chi connectivity index (χ1v) is 9.78. The second-order valence-corrected chi connectivity index (χ2v) is 6.97. The molecule has 1 N–H and O–H groups in total. The second-order valence-electron chi connectivity index (χ2n) is 6.56. The molecule has 0 amide bonds. The van der Waals surface area contributed by atoms with Crippen LogP contribution in [-0.4, -0.2) is 32.7 Å². The molecule has 0 saturated heterocycles. The topological polar surface area (TPSA) is 64.3 Å². The van der Waals surface area contributed by atoms with E-state index in [1.165, 1.54) is 5.56 Å². The van der Waals surface area contributed by atoms with Crippen LogP contribution in [0.1, 0.15) is 25.1 Å². The van der Waals surface area contributed by atoms with Crippen LogP contribution in [0.5, 0.6) is 5.75 Å².